The van der Waals surface area contributed by atoms with Crippen LogP contribution >= 0.6 is 0 Å². The largest absolute Gasteiger partial charge is 0.493 e. The highest BCUT2D eigenvalue weighted by atomic mass is 18.2. The smallest absolute Gasteiger partial charge is 0.125 e. The summed E-state index contributed by atoms with van der Waals surface area (Å²) in [5.74, 6) is 0.490. The Bertz CT molecular complexity index is 878. The van der Waals surface area contributed by atoms with Crippen molar-refractivity contribution in [2.45, 2.75) is 64.7 Å². The molecule has 152 valence electrons. The molecule has 2 heterocycles. The minimum Gasteiger partial charge on any atom is -0.493 e. The average Bonchev–Trinajstić information content (AvgIpc) is 2.67. The van der Waals surface area contributed by atoms with Gasteiger partial charge in [-0.05, 0) is 61.3 Å². The number of alkyl halides is 1. The highest BCUT2D eigenvalue weighted by Gasteiger charge is 2.46. The van der Waals surface area contributed by atoms with E-state index in [2.05, 4.69) is 18.7 Å². The van der Waals surface area contributed by atoms with Crippen LogP contribution in [0.5, 0.6) is 5.75 Å². The zero-order valence-electron chi connectivity index (χ0n) is 22.3. The number of hydrogen-bond acceptors (Lipinski definition) is 4. The molecule has 0 bridgehead atoms. The topological polar surface area (TPSA) is 52.9 Å². The molecule has 1 aromatic carbocycles. The number of fused-ring (bicyclic) bond motifs is 3. The third-order valence-electron chi connectivity index (χ3n) is 6.03. The summed E-state index contributed by atoms with van der Waals surface area (Å²) in [6.07, 6.45) is -2.04. The Kier molecular flexibility index (Phi) is 4.36. The van der Waals surface area contributed by atoms with E-state index >= 15 is 0 Å². The molecule has 5 heteroatoms. The molecule has 2 aliphatic heterocycles. The molecular formula is C22H34FNO3. The average molecular weight is 385 g/mol. The van der Waals surface area contributed by atoms with E-state index in [9.17, 15) is 14.6 Å². The van der Waals surface area contributed by atoms with Crippen LogP contribution in [0.2, 0.25) is 0 Å². The molecule has 0 aliphatic carbocycles. The van der Waals surface area contributed by atoms with Crippen molar-refractivity contribution in [1.29, 1.82) is 0 Å². The van der Waals surface area contributed by atoms with E-state index in [-0.39, 0.29) is 17.2 Å². The molecule has 4 nitrogen and oxygen atoms in total. The number of hydrogen-bond donors (Lipinski definition) is 2. The van der Waals surface area contributed by atoms with E-state index in [4.69, 9.17) is 13.0 Å². The number of rotatable bonds is 7. The van der Waals surface area contributed by atoms with Crippen LogP contribution in [0.1, 0.15) is 64.9 Å². The number of nitrogens with zero attached hydrogens (tertiary/aromatic N) is 1. The Balaban J connectivity index is 1.96. The molecule has 0 amide bonds. The van der Waals surface area contributed by atoms with E-state index in [1.54, 1.807) is 6.07 Å². The quantitative estimate of drug-likeness (QED) is 0.756. The molecule has 3 atom stereocenters. The first-order valence-electron chi connectivity index (χ1n) is 12.6. The van der Waals surface area contributed by atoms with Gasteiger partial charge in [0.15, 0.2) is 0 Å². The number of aliphatic hydroxyl groups is 2. The second kappa shape index (κ2) is 8.46. The lowest BCUT2D eigenvalue weighted by Crippen LogP contribution is -2.58. The molecule has 1 aromatic rings. The van der Waals surface area contributed by atoms with Crippen molar-refractivity contribution in [1.82, 2.24) is 4.90 Å². The second-order valence-corrected chi connectivity index (χ2v) is 8.33. The van der Waals surface area contributed by atoms with Crippen LogP contribution < -0.4 is 4.74 Å². The predicted molar refractivity (Wildman–Crippen MR) is 105 cm³/mol. The molecule has 2 N–H and O–H groups in total. The zero-order valence-corrected chi connectivity index (χ0v) is 16.3. The van der Waals surface area contributed by atoms with Gasteiger partial charge in [-0.2, -0.15) is 0 Å². The van der Waals surface area contributed by atoms with Crippen molar-refractivity contribution in [3.63, 3.8) is 0 Å². The van der Waals surface area contributed by atoms with Crippen molar-refractivity contribution in [3.8, 4) is 5.75 Å². The van der Waals surface area contributed by atoms with Crippen molar-refractivity contribution in [2.75, 3.05) is 26.3 Å². The maximum absolute atomic E-state index is 13.8. The molecule has 3 rings (SSSR count). The Morgan fingerprint density at radius 3 is 2.89 bits per heavy atom. The maximum Gasteiger partial charge on any atom is 0.125 e. The summed E-state index contributed by atoms with van der Waals surface area (Å²) < 4.78 is 64.0. The van der Waals surface area contributed by atoms with Gasteiger partial charge in [0.2, 0.25) is 0 Å². The normalized spacial score (nSPS) is 33.0. The van der Waals surface area contributed by atoms with Gasteiger partial charge in [0, 0.05) is 33.3 Å². The molecule has 1 saturated heterocycles. The van der Waals surface area contributed by atoms with E-state index < -0.39 is 37.8 Å². The highest BCUT2D eigenvalue weighted by molar-refractivity contribution is 5.47. The number of benzene rings is 1. The molecule has 0 radical (unpaired) electrons. The molecule has 2 aliphatic rings. The zero-order chi connectivity index (χ0) is 25.0. The third-order valence-corrected chi connectivity index (χ3v) is 6.03. The summed E-state index contributed by atoms with van der Waals surface area (Å²) in [6.45, 7) is -0.0787. The first kappa shape index (κ1) is 13.9. The molecule has 0 spiro atoms. The SMILES string of the molecule is [2H]C([2H])([18F])C([2H])([2H])C([2H])([2H])Oc1cc2c(cc1CO)[C@@]1(C)C[C@@H](O)[C@H](CC(C)C)CN1CC2. The first-order chi connectivity index (χ1) is 15.0. The standard InChI is InChI=1S/C22H34FNO3/c1-15(2)9-17-13-24-7-5-16-11-21(27-8-4-6-23)18(14-25)10-19(16)22(24,3)12-20(17)26/h10-11,15,17,20,25-26H,4-9,12-14H2,1-3H3/t17-,20-,22-/m1/s1/i4D2,6D2,8D2,23-1. The van der Waals surface area contributed by atoms with Gasteiger partial charge >= 0.3 is 0 Å². The summed E-state index contributed by atoms with van der Waals surface area (Å²) in [6, 6.07) is 3.21. The van der Waals surface area contributed by atoms with E-state index in [1.165, 1.54) is 6.07 Å². The minimum absolute atomic E-state index is 0.152. The summed E-state index contributed by atoms with van der Waals surface area (Å²) in [5, 5.41) is 20.8. The van der Waals surface area contributed by atoms with Crippen LogP contribution in [0.15, 0.2) is 12.1 Å². The predicted octanol–water partition coefficient (Wildman–Crippen LogP) is 3.42. The first-order valence-corrected chi connectivity index (χ1v) is 9.61. The Morgan fingerprint density at radius 1 is 1.44 bits per heavy atom. The second-order valence-electron chi connectivity index (χ2n) is 8.33. The lowest BCUT2D eigenvalue weighted by Gasteiger charge is -2.53. The van der Waals surface area contributed by atoms with E-state index in [0.29, 0.717) is 25.3 Å². The van der Waals surface area contributed by atoms with Crippen LogP contribution in [0.25, 0.3) is 0 Å². The Hall–Kier alpha value is -1.17. The van der Waals surface area contributed by atoms with Gasteiger partial charge < -0.3 is 14.9 Å². The third kappa shape index (κ3) is 4.15. The summed E-state index contributed by atoms with van der Waals surface area (Å²) in [5.41, 5.74) is 1.40. The minimum atomic E-state index is -3.98. The lowest BCUT2D eigenvalue weighted by atomic mass is 9.71. The molecule has 0 aromatic heterocycles. The fourth-order valence-corrected chi connectivity index (χ4v) is 4.71. The van der Waals surface area contributed by atoms with Crippen LogP contribution in [0.3, 0.4) is 0 Å². The maximum atomic E-state index is 13.8. The summed E-state index contributed by atoms with van der Waals surface area (Å²) in [7, 11) is 0. The molecule has 27 heavy (non-hydrogen) atoms. The summed E-state index contributed by atoms with van der Waals surface area (Å²) >= 11 is 0. The van der Waals surface area contributed by atoms with Crippen molar-refractivity contribution in [3.05, 3.63) is 28.8 Å². The monoisotopic (exact) mass is 384 g/mol. The summed E-state index contributed by atoms with van der Waals surface area (Å²) in [4.78, 5) is 2.34. The van der Waals surface area contributed by atoms with Gasteiger partial charge in [-0.25, -0.2) is 0 Å². The van der Waals surface area contributed by atoms with Gasteiger partial charge in [0.25, 0.3) is 0 Å². The lowest BCUT2D eigenvalue weighted by molar-refractivity contribution is -0.0647. The Morgan fingerprint density at radius 2 is 2.22 bits per heavy atom. The molecule has 1 fully saturated rings. The van der Waals surface area contributed by atoms with Crippen LogP contribution in [0, 0.1) is 11.8 Å². The van der Waals surface area contributed by atoms with Crippen LogP contribution in [-0.2, 0) is 18.6 Å². The van der Waals surface area contributed by atoms with Gasteiger partial charge in [0.05, 0.1) is 31.4 Å². The van der Waals surface area contributed by atoms with Gasteiger partial charge in [0.1, 0.15) is 5.75 Å². The molecule has 0 unspecified atom stereocenters. The van der Waals surface area contributed by atoms with E-state index in [1.807, 2.05) is 6.92 Å². The van der Waals surface area contributed by atoms with Crippen LogP contribution in [0.4, 0.5) is 4.39 Å². The van der Waals surface area contributed by atoms with Gasteiger partial charge in [-0.3, -0.25) is 9.29 Å². The van der Waals surface area contributed by atoms with Gasteiger partial charge in [-0.15, -0.1) is 0 Å². The van der Waals surface area contributed by atoms with Crippen molar-refractivity contribution >= 4 is 0 Å². The molecular weight excluding hydrogens is 344 g/mol. The van der Waals surface area contributed by atoms with Gasteiger partial charge in [-0.1, -0.05) is 13.8 Å². The fraction of sp³-hybridized carbons (Fsp3) is 0.727. The Labute approximate surface area is 170 Å². The number of aliphatic hydroxyl groups excluding tert-OH is 2. The number of piperidine rings is 1. The van der Waals surface area contributed by atoms with Crippen LogP contribution in [-0.4, -0.2) is 47.5 Å². The molecule has 0 saturated carbocycles. The van der Waals surface area contributed by atoms with Crippen molar-refractivity contribution in [2.24, 2.45) is 11.8 Å². The number of halogens is 1. The highest BCUT2D eigenvalue weighted by Crippen LogP contribution is 2.46. The van der Waals surface area contributed by atoms with E-state index in [0.717, 1.165) is 24.1 Å². The number of ether oxygens (including phenoxy) is 1. The van der Waals surface area contributed by atoms with Crippen molar-refractivity contribution < 1.29 is 27.6 Å². The fourth-order valence-electron chi connectivity index (χ4n) is 4.71.